The Bertz CT molecular complexity index is 1460. The summed E-state index contributed by atoms with van der Waals surface area (Å²) in [7, 11) is 0. The molecule has 0 fully saturated rings. The fourth-order valence-corrected chi connectivity index (χ4v) is 3.91. The number of aliphatic hydroxyl groups is 2. The van der Waals surface area contributed by atoms with E-state index in [1.165, 1.54) is 39.2 Å². The molecular formula is C25H22ClF4N5O2. The number of rotatable bonds is 7. The van der Waals surface area contributed by atoms with E-state index in [1.54, 1.807) is 0 Å². The second-order valence-electron chi connectivity index (χ2n) is 8.90. The van der Waals surface area contributed by atoms with Crippen molar-refractivity contribution in [3.05, 3.63) is 76.0 Å². The summed E-state index contributed by atoms with van der Waals surface area (Å²) in [5.74, 6) is -1.59. The Labute approximate surface area is 214 Å². The molecule has 37 heavy (non-hydrogen) atoms. The van der Waals surface area contributed by atoms with Crippen molar-refractivity contribution in [3.63, 3.8) is 0 Å². The third kappa shape index (κ3) is 5.34. The molecule has 0 spiro atoms. The lowest BCUT2D eigenvalue weighted by Gasteiger charge is -2.23. The predicted octanol–water partition coefficient (Wildman–Crippen LogP) is 5.46. The predicted molar refractivity (Wildman–Crippen MR) is 130 cm³/mol. The fourth-order valence-electron chi connectivity index (χ4n) is 3.73. The quantitative estimate of drug-likeness (QED) is 0.270. The zero-order valence-corrected chi connectivity index (χ0v) is 20.7. The summed E-state index contributed by atoms with van der Waals surface area (Å²) in [5.41, 5.74) is -1.43. The van der Waals surface area contributed by atoms with Crippen molar-refractivity contribution in [2.75, 3.05) is 5.32 Å². The van der Waals surface area contributed by atoms with E-state index in [-0.39, 0.29) is 50.1 Å². The number of aromatic nitrogens is 4. The van der Waals surface area contributed by atoms with E-state index in [0.717, 1.165) is 18.2 Å². The first-order valence-corrected chi connectivity index (χ1v) is 11.4. The molecule has 3 N–H and O–H groups in total. The van der Waals surface area contributed by atoms with Gasteiger partial charge in [-0.3, -0.25) is 0 Å². The van der Waals surface area contributed by atoms with Crippen molar-refractivity contribution in [2.24, 2.45) is 0 Å². The van der Waals surface area contributed by atoms with Crippen molar-refractivity contribution in [1.29, 1.82) is 0 Å². The van der Waals surface area contributed by atoms with Gasteiger partial charge in [0.15, 0.2) is 11.6 Å². The second-order valence-corrected chi connectivity index (χ2v) is 9.28. The molecule has 4 aromatic rings. The van der Waals surface area contributed by atoms with Gasteiger partial charge in [-0.1, -0.05) is 17.7 Å². The van der Waals surface area contributed by atoms with Gasteiger partial charge >= 0.3 is 0 Å². The highest BCUT2D eigenvalue weighted by atomic mass is 35.5. The van der Waals surface area contributed by atoms with Crippen LogP contribution in [-0.4, -0.2) is 36.6 Å². The van der Waals surface area contributed by atoms with E-state index >= 15 is 4.39 Å². The summed E-state index contributed by atoms with van der Waals surface area (Å²) in [5, 5.41) is 22.0. The summed E-state index contributed by atoms with van der Waals surface area (Å²) >= 11 is 6.43. The van der Waals surface area contributed by atoms with E-state index in [9.17, 15) is 23.4 Å². The molecular weight excluding hydrogens is 514 g/mol. The zero-order valence-electron chi connectivity index (χ0n) is 19.9. The summed E-state index contributed by atoms with van der Waals surface area (Å²) in [6.07, 6.45) is -0.553. The van der Waals surface area contributed by atoms with Gasteiger partial charge in [-0.15, -0.1) is 0 Å². The molecule has 3 aromatic heterocycles. The summed E-state index contributed by atoms with van der Waals surface area (Å²) in [6.45, 7) is 4.01. The molecule has 194 valence electrons. The van der Waals surface area contributed by atoms with E-state index in [2.05, 4.69) is 25.3 Å². The molecule has 0 saturated heterocycles. The lowest BCUT2D eigenvalue weighted by Crippen LogP contribution is -2.21. The largest absolute Gasteiger partial charge is 0.392 e. The number of aliphatic hydroxyl groups excluding tert-OH is 1. The highest BCUT2D eigenvalue weighted by Gasteiger charge is 2.29. The molecule has 0 radical (unpaired) electrons. The van der Waals surface area contributed by atoms with Crippen LogP contribution >= 0.6 is 11.6 Å². The van der Waals surface area contributed by atoms with Crippen LogP contribution in [-0.2, 0) is 12.2 Å². The Hall–Kier alpha value is -3.41. The van der Waals surface area contributed by atoms with Gasteiger partial charge in [0, 0.05) is 29.6 Å². The Morgan fingerprint density at radius 3 is 2.32 bits per heavy atom. The van der Waals surface area contributed by atoms with Crippen LogP contribution < -0.4 is 5.32 Å². The second kappa shape index (κ2) is 10.2. The molecule has 3 heterocycles. The molecule has 0 amide bonds. The number of anilines is 1. The number of pyridine rings is 2. The zero-order chi connectivity index (χ0) is 27.1. The molecule has 0 aliphatic heterocycles. The van der Waals surface area contributed by atoms with Crippen LogP contribution in [0.2, 0.25) is 5.02 Å². The van der Waals surface area contributed by atoms with Gasteiger partial charge in [-0.25, -0.2) is 37.5 Å². The van der Waals surface area contributed by atoms with Gasteiger partial charge in [0.2, 0.25) is 0 Å². The number of hydrogen-bond acceptors (Lipinski definition) is 7. The third-order valence-corrected chi connectivity index (χ3v) is 6.08. The molecule has 4 rings (SSSR count). The minimum absolute atomic E-state index is 0.0253. The molecule has 0 bridgehead atoms. The number of nitrogens with zero attached hydrogens (tertiary/aromatic N) is 4. The van der Waals surface area contributed by atoms with Gasteiger partial charge in [0.1, 0.15) is 28.7 Å². The van der Waals surface area contributed by atoms with Crippen molar-refractivity contribution in [3.8, 4) is 11.3 Å². The smallest absolute Gasteiger partial charge is 0.262 e. The van der Waals surface area contributed by atoms with Gasteiger partial charge in [0.05, 0.1) is 28.5 Å². The first-order chi connectivity index (χ1) is 17.4. The highest BCUT2D eigenvalue weighted by Crippen LogP contribution is 2.38. The molecule has 7 nitrogen and oxygen atoms in total. The molecule has 0 aliphatic rings. The minimum atomic E-state index is -3.09. The van der Waals surface area contributed by atoms with Crippen LogP contribution in [0.1, 0.15) is 42.5 Å². The van der Waals surface area contributed by atoms with Gasteiger partial charge in [-0.05, 0) is 38.5 Å². The summed E-state index contributed by atoms with van der Waals surface area (Å²) in [4.78, 5) is 16.6. The average Bonchev–Trinajstić information content (AvgIpc) is 2.84. The Kier molecular flexibility index (Phi) is 7.31. The fraction of sp³-hybridized carbons (Fsp3) is 0.280. The minimum Gasteiger partial charge on any atom is -0.392 e. The number of benzene rings is 1. The Morgan fingerprint density at radius 2 is 1.73 bits per heavy atom. The number of alkyl halides is 2. The Balaban J connectivity index is 1.87. The lowest BCUT2D eigenvalue weighted by atomic mass is 10.0. The van der Waals surface area contributed by atoms with Crippen molar-refractivity contribution < 1.29 is 27.8 Å². The first kappa shape index (κ1) is 26.6. The van der Waals surface area contributed by atoms with E-state index in [4.69, 9.17) is 11.6 Å². The van der Waals surface area contributed by atoms with Crippen LogP contribution in [0, 0.1) is 18.6 Å². The highest BCUT2D eigenvalue weighted by molar-refractivity contribution is 6.35. The average molecular weight is 536 g/mol. The maximum absolute atomic E-state index is 15.0. The number of fused-ring (bicyclic) bond motifs is 1. The van der Waals surface area contributed by atoms with E-state index in [0.29, 0.717) is 0 Å². The lowest BCUT2D eigenvalue weighted by molar-refractivity contribution is 0.0687. The van der Waals surface area contributed by atoms with Crippen LogP contribution in [0.3, 0.4) is 0 Å². The van der Waals surface area contributed by atoms with Crippen molar-refractivity contribution in [1.82, 2.24) is 19.9 Å². The molecule has 0 saturated carbocycles. The van der Waals surface area contributed by atoms with E-state index < -0.39 is 41.9 Å². The van der Waals surface area contributed by atoms with Crippen LogP contribution in [0.5, 0.6) is 0 Å². The maximum atomic E-state index is 15.0. The molecule has 1 atom stereocenters. The molecule has 0 unspecified atom stereocenters. The van der Waals surface area contributed by atoms with Crippen LogP contribution in [0.15, 0.2) is 36.7 Å². The van der Waals surface area contributed by atoms with Crippen molar-refractivity contribution in [2.45, 2.75) is 45.4 Å². The SMILES string of the molecule is Cc1nc2cc(F)c(-c3cnc(C(C)(C)O)nc3)nc2c(N[C@@H](c2cc(CO)ccc2F)C(F)F)c1Cl. The first-order valence-electron chi connectivity index (χ1n) is 11.1. The Morgan fingerprint density at radius 1 is 1.05 bits per heavy atom. The number of nitrogens with one attached hydrogen (secondary N) is 1. The molecule has 1 aromatic carbocycles. The van der Waals surface area contributed by atoms with Gasteiger partial charge < -0.3 is 15.5 Å². The number of aryl methyl sites for hydroxylation is 1. The summed E-state index contributed by atoms with van der Waals surface area (Å²) in [6, 6.07) is 2.59. The monoisotopic (exact) mass is 535 g/mol. The third-order valence-electron chi connectivity index (χ3n) is 5.62. The summed E-state index contributed by atoms with van der Waals surface area (Å²) < 4.78 is 58.0. The van der Waals surface area contributed by atoms with Gasteiger partial charge in [-0.2, -0.15) is 0 Å². The van der Waals surface area contributed by atoms with Crippen LogP contribution in [0.4, 0.5) is 23.2 Å². The maximum Gasteiger partial charge on any atom is 0.262 e. The molecule has 0 aliphatic carbocycles. The number of hydrogen-bond donors (Lipinski definition) is 3. The topological polar surface area (TPSA) is 104 Å². The van der Waals surface area contributed by atoms with Gasteiger partial charge in [0.25, 0.3) is 6.43 Å². The van der Waals surface area contributed by atoms with Crippen LogP contribution in [0.25, 0.3) is 22.3 Å². The van der Waals surface area contributed by atoms with Crippen molar-refractivity contribution >= 4 is 28.3 Å². The van der Waals surface area contributed by atoms with E-state index in [1.807, 2.05) is 0 Å². The standard InChI is InChI=1S/C25H22ClF4N5O2/c1-11-18(26)22(35-20(23(29)30)14-6-12(10-36)4-5-15(14)27)21-17(33-11)7-16(28)19(34-21)13-8-31-24(32-9-13)25(2,3)37/h4-9,20,23,36-37H,10H2,1-3H3,(H,33,35)/t20-/m0/s1. The number of halogens is 5. The normalized spacial score (nSPS) is 12.8. The molecule has 12 heteroatoms.